The average molecular weight is 296 g/mol. The largest absolute Gasteiger partial charge is 0.380 e. The molecule has 120 valence electrons. The molecule has 1 saturated carbocycles. The summed E-state index contributed by atoms with van der Waals surface area (Å²) in [7, 11) is 0. The van der Waals surface area contributed by atoms with E-state index < -0.39 is 11.1 Å². The first-order valence-corrected chi connectivity index (χ1v) is 8.28. The predicted molar refractivity (Wildman–Crippen MR) is 80.9 cm³/mol. The lowest BCUT2D eigenvalue weighted by Crippen LogP contribution is -2.75. The second-order valence-electron chi connectivity index (χ2n) is 6.14. The number of hydrogen-bond acceptors (Lipinski definition) is 3. The second-order valence-corrected chi connectivity index (χ2v) is 6.14. The lowest BCUT2D eigenvalue weighted by molar-refractivity contribution is -0.165. The van der Waals surface area contributed by atoms with Gasteiger partial charge >= 0.3 is 0 Å². The first kappa shape index (κ1) is 16.3. The average Bonchev–Trinajstić information content (AvgIpc) is 2.95. The summed E-state index contributed by atoms with van der Waals surface area (Å²) in [6.45, 7) is 7.53. The highest BCUT2D eigenvalue weighted by atomic mass is 16.5. The number of rotatable bonds is 6. The zero-order valence-corrected chi connectivity index (χ0v) is 13.5. The fourth-order valence-corrected chi connectivity index (χ4v) is 3.85. The minimum atomic E-state index is -0.706. The molecule has 1 aliphatic carbocycles. The Morgan fingerprint density at radius 2 is 1.76 bits per heavy atom. The SMILES string of the molecule is CCOCCN1C(=O)C2(CCCC2)NC(=O)C1(CC)CC. The maximum atomic E-state index is 13.1. The number of piperazine rings is 1. The van der Waals surface area contributed by atoms with Gasteiger partial charge in [-0.3, -0.25) is 9.59 Å². The van der Waals surface area contributed by atoms with E-state index in [0.717, 1.165) is 25.7 Å². The Labute approximate surface area is 127 Å². The minimum absolute atomic E-state index is 0.0190. The van der Waals surface area contributed by atoms with E-state index in [1.165, 1.54) is 0 Å². The zero-order valence-electron chi connectivity index (χ0n) is 13.5. The smallest absolute Gasteiger partial charge is 0.249 e. The number of amides is 2. The van der Waals surface area contributed by atoms with Gasteiger partial charge in [-0.25, -0.2) is 0 Å². The lowest BCUT2D eigenvalue weighted by atomic mass is 9.81. The molecule has 0 aromatic rings. The van der Waals surface area contributed by atoms with Crippen LogP contribution < -0.4 is 5.32 Å². The number of carbonyl (C=O) groups is 2. The Kier molecular flexibility index (Phi) is 4.91. The van der Waals surface area contributed by atoms with Crippen LogP contribution in [0, 0.1) is 0 Å². The third-order valence-electron chi connectivity index (χ3n) is 5.24. The summed E-state index contributed by atoms with van der Waals surface area (Å²) in [5.74, 6) is 0.119. The monoisotopic (exact) mass is 296 g/mol. The number of ether oxygens (including phenoxy) is 1. The van der Waals surface area contributed by atoms with Crippen LogP contribution >= 0.6 is 0 Å². The van der Waals surface area contributed by atoms with Gasteiger partial charge in [-0.05, 0) is 32.6 Å². The van der Waals surface area contributed by atoms with Crippen LogP contribution in [0.25, 0.3) is 0 Å². The molecular weight excluding hydrogens is 268 g/mol. The fraction of sp³-hybridized carbons (Fsp3) is 0.875. The molecule has 0 unspecified atom stereocenters. The van der Waals surface area contributed by atoms with Crippen LogP contribution in [0.15, 0.2) is 0 Å². The molecule has 0 radical (unpaired) electrons. The summed E-state index contributed by atoms with van der Waals surface area (Å²) < 4.78 is 5.43. The van der Waals surface area contributed by atoms with E-state index in [9.17, 15) is 9.59 Å². The number of nitrogens with zero attached hydrogens (tertiary/aromatic N) is 1. The van der Waals surface area contributed by atoms with Crippen molar-refractivity contribution in [1.82, 2.24) is 10.2 Å². The molecule has 2 aliphatic rings. The van der Waals surface area contributed by atoms with Crippen molar-refractivity contribution in [2.24, 2.45) is 0 Å². The Bertz CT molecular complexity index is 398. The maximum Gasteiger partial charge on any atom is 0.249 e. The third kappa shape index (κ3) is 2.56. The molecule has 1 N–H and O–H groups in total. The summed E-state index contributed by atoms with van der Waals surface area (Å²) in [6, 6.07) is 0. The topological polar surface area (TPSA) is 58.6 Å². The van der Waals surface area contributed by atoms with E-state index in [0.29, 0.717) is 32.6 Å². The van der Waals surface area contributed by atoms with Crippen LogP contribution in [0.5, 0.6) is 0 Å². The van der Waals surface area contributed by atoms with Crippen molar-refractivity contribution in [3.8, 4) is 0 Å². The molecule has 1 heterocycles. The third-order valence-corrected chi connectivity index (χ3v) is 5.24. The molecule has 5 heteroatoms. The maximum absolute atomic E-state index is 13.1. The molecule has 2 rings (SSSR count). The van der Waals surface area contributed by atoms with E-state index in [2.05, 4.69) is 5.32 Å². The van der Waals surface area contributed by atoms with Gasteiger partial charge in [-0.15, -0.1) is 0 Å². The van der Waals surface area contributed by atoms with Crippen molar-refractivity contribution < 1.29 is 14.3 Å². The van der Waals surface area contributed by atoms with Gasteiger partial charge in [-0.2, -0.15) is 0 Å². The minimum Gasteiger partial charge on any atom is -0.380 e. The quantitative estimate of drug-likeness (QED) is 0.761. The summed E-state index contributed by atoms with van der Waals surface area (Å²) in [5.41, 5.74) is -1.35. The Morgan fingerprint density at radius 1 is 1.14 bits per heavy atom. The summed E-state index contributed by atoms with van der Waals surface area (Å²) in [4.78, 5) is 27.7. The van der Waals surface area contributed by atoms with Crippen LogP contribution in [0.3, 0.4) is 0 Å². The van der Waals surface area contributed by atoms with Crippen molar-refractivity contribution in [1.29, 1.82) is 0 Å². The van der Waals surface area contributed by atoms with Gasteiger partial charge in [0.25, 0.3) is 0 Å². The first-order chi connectivity index (χ1) is 10.1. The van der Waals surface area contributed by atoms with Gasteiger partial charge in [0.15, 0.2) is 0 Å². The van der Waals surface area contributed by atoms with Crippen LogP contribution in [0.1, 0.15) is 59.3 Å². The molecule has 0 aromatic carbocycles. The van der Waals surface area contributed by atoms with E-state index in [4.69, 9.17) is 4.74 Å². The van der Waals surface area contributed by atoms with Crippen molar-refractivity contribution in [2.75, 3.05) is 19.8 Å². The standard InChI is InChI=1S/C16H28N2O3/c1-4-16(5-2)13(19)17-15(9-7-8-10-15)14(20)18(16)11-12-21-6-3/h4-12H2,1-3H3,(H,17,19). The predicted octanol–water partition coefficient (Wildman–Crippen LogP) is 1.85. The molecule has 0 bridgehead atoms. The normalized spacial score (nSPS) is 23.7. The lowest BCUT2D eigenvalue weighted by Gasteiger charge is -2.51. The van der Waals surface area contributed by atoms with Gasteiger partial charge in [0.1, 0.15) is 11.1 Å². The molecule has 21 heavy (non-hydrogen) atoms. The molecule has 1 saturated heterocycles. The first-order valence-electron chi connectivity index (χ1n) is 8.28. The van der Waals surface area contributed by atoms with Crippen molar-refractivity contribution >= 4 is 11.8 Å². The van der Waals surface area contributed by atoms with E-state index in [1.54, 1.807) is 0 Å². The Balaban J connectivity index is 2.29. The van der Waals surface area contributed by atoms with E-state index in [-0.39, 0.29) is 11.8 Å². The van der Waals surface area contributed by atoms with E-state index >= 15 is 0 Å². The summed E-state index contributed by atoms with van der Waals surface area (Å²) in [5, 5.41) is 3.08. The number of nitrogens with one attached hydrogen (secondary N) is 1. The molecule has 2 fully saturated rings. The van der Waals surface area contributed by atoms with Gasteiger partial charge in [0, 0.05) is 13.2 Å². The van der Waals surface area contributed by atoms with Crippen LogP contribution in [-0.2, 0) is 14.3 Å². The van der Waals surface area contributed by atoms with Crippen molar-refractivity contribution in [2.45, 2.75) is 70.4 Å². The highest BCUT2D eigenvalue weighted by molar-refractivity contribution is 6.02. The molecular formula is C16H28N2O3. The highest BCUT2D eigenvalue weighted by Gasteiger charge is 2.57. The van der Waals surface area contributed by atoms with Gasteiger partial charge in [0.05, 0.1) is 6.61 Å². The molecule has 0 aromatic heterocycles. The zero-order chi connectivity index (χ0) is 15.5. The van der Waals surface area contributed by atoms with Gasteiger partial charge < -0.3 is 15.0 Å². The number of carbonyl (C=O) groups excluding carboxylic acids is 2. The van der Waals surface area contributed by atoms with Gasteiger partial charge in [0.2, 0.25) is 11.8 Å². The summed E-state index contributed by atoms with van der Waals surface area (Å²) in [6.07, 6.45) is 4.85. The fourth-order valence-electron chi connectivity index (χ4n) is 3.85. The van der Waals surface area contributed by atoms with Crippen LogP contribution in [-0.4, -0.2) is 47.6 Å². The van der Waals surface area contributed by atoms with Gasteiger partial charge in [-0.1, -0.05) is 26.7 Å². The molecule has 1 aliphatic heterocycles. The molecule has 0 atom stereocenters. The van der Waals surface area contributed by atoms with E-state index in [1.807, 2.05) is 25.7 Å². The van der Waals surface area contributed by atoms with Crippen LogP contribution in [0.2, 0.25) is 0 Å². The van der Waals surface area contributed by atoms with Crippen molar-refractivity contribution in [3.05, 3.63) is 0 Å². The molecule has 2 amide bonds. The number of hydrogen-bond donors (Lipinski definition) is 1. The second kappa shape index (κ2) is 6.34. The Hall–Kier alpha value is -1.10. The summed E-state index contributed by atoms with van der Waals surface area (Å²) >= 11 is 0. The molecule has 1 spiro atoms. The molecule has 5 nitrogen and oxygen atoms in total. The highest BCUT2D eigenvalue weighted by Crippen LogP contribution is 2.39. The Morgan fingerprint density at radius 3 is 2.29 bits per heavy atom. The van der Waals surface area contributed by atoms with Crippen molar-refractivity contribution in [3.63, 3.8) is 0 Å². The van der Waals surface area contributed by atoms with Crippen LogP contribution in [0.4, 0.5) is 0 Å².